The van der Waals surface area contributed by atoms with E-state index in [1.807, 2.05) is 49.5 Å². The Hall–Kier alpha value is -2.67. The predicted molar refractivity (Wildman–Crippen MR) is 128 cm³/mol. The monoisotopic (exact) mass is 437 g/mol. The fourth-order valence-corrected chi connectivity index (χ4v) is 3.86. The standard InChI is InChI=1S/C26H35N3O3/c1-19(2)15-29(16-22(30)18-31-5)17-24-25(21-9-7-6-8-10-21)27-28(4)26(24)32-23-13-11-20(3)12-14-23/h6-14,19,22,30H,15-18H2,1-5H3. The second-order valence-electron chi connectivity index (χ2n) is 8.73. The van der Waals surface area contributed by atoms with Crippen molar-refractivity contribution in [1.82, 2.24) is 14.7 Å². The first-order chi connectivity index (χ1) is 15.4. The van der Waals surface area contributed by atoms with Crippen LogP contribution < -0.4 is 4.74 Å². The van der Waals surface area contributed by atoms with Gasteiger partial charge >= 0.3 is 0 Å². The van der Waals surface area contributed by atoms with E-state index in [0.717, 1.165) is 29.1 Å². The number of methoxy groups -OCH3 is 1. The van der Waals surface area contributed by atoms with Crippen molar-refractivity contribution in [3.05, 3.63) is 65.7 Å². The van der Waals surface area contributed by atoms with Gasteiger partial charge in [-0.25, -0.2) is 4.68 Å². The molecule has 6 heteroatoms. The Balaban J connectivity index is 2.00. The zero-order chi connectivity index (χ0) is 23.1. The van der Waals surface area contributed by atoms with Crippen LogP contribution in [0.4, 0.5) is 0 Å². The van der Waals surface area contributed by atoms with E-state index in [9.17, 15) is 5.11 Å². The van der Waals surface area contributed by atoms with Gasteiger partial charge < -0.3 is 14.6 Å². The molecule has 0 fully saturated rings. The smallest absolute Gasteiger partial charge is 0.222 e. The zero-order valence-electron chi connectivity index (χ0n) is 19.8. The molecule has 1 atom stereocenters. The van der Waals surface area contributed by atoms with Crippen molar-refractivity contribution < 1.29 is 14.6 Å². The number of aromatic nitrogens is 2. The van der Waals surface area contributed by atoms with Gasteiger partial charge in [-0.2, -0.15) is 5.10 Å². The van der Waals surface area contributed by atoms with E-state index in [-0.39, 0.29) is 0 Å². The summed E-state index contributed by atoms with van der Waals surface area (Å²) >= 11 is 0. The summed E-state index contributed by atoms with van der Waals surface area (Å²) in [7, 11) is 3.52. The topological polar surface area (TPSA) is 59.8 Å². The van der Waals surface area contributed by atoms with Gasteiger partial charge in [0.15, 0.2) is 0 Å². The van der Waals surface area contributed by atoms with Gasteiger partial charge in [-0.3, -0.25) is 4.90 Å². The van der Waals surface area contributed by atoms with Crippen LogP contribution in [0.15, 0.2) is 54.6 Å². The fraction of sp³-hybridized carbons (Fsp3) is 0.423. The Morgan fingerprint density at radius 2 is 1.72 bits per heavy atom. The maximum absolute atomic E-state index is 10.4. The van der Waals surface area contributed by atoms with Crippen molar-refractivity contribution in [2.45, 2.75) is 33.4 Å². The Morgan fingerprint density at radius 3 is 2.34 bits per heavy atom. The summed E-state index contributed by atoms with van der Waals surface area (Å²) in [5.74, 6) is 1.93. The minimum atomic E-state index is -0.558. The van der Waals surface area contributed by atoms with Gasteiger partial charge in [0.2, 0.25) is 5.88 Å². The molecule has 0 amide bonds. The molecule has 32 heavy (non-hydrogen) atoms. The van der Waals surface area contributed by atoms with Crippen LogP contribution in [-0.4, -0.2) is 52.7 Å². The van der Waals surface area contributed by atoms with Crippen molar-refractivity contribution >= 4 is 0 Å². The van der Waals surface area contributed by atoms with Crippen LogP contribution in [0.1, 0.15) is 25.0 Å². The van der Waals surface area contributed by atoms with Crippen molar-refractivity contribution in [1.29, 1.82) is 0 Å². The highest BCUT2D eigenvalue weighted by atomic mass is 16.5. The molecule has 0 spiro atoms. The number of hydrogen-bond donors (Lipinski definition) is 1. The third-order valence-electron chi connectivity index (χ3n) is 5.20. The second kappa shape index (κ2) is 11.3. The lowest BCUT2D eigenvalue weighted by Crippen LogP contribution is -2.36. The molecular formula is C26H35N3O3. The van der Waals surface area contributed by atoms with Crippen LogP contribution in [-0.2, 0) is 18.3 Å². The largest absolute Gasteiger partial charge is 0.439 e. The first-order valence-corrected chi connectivity index (χ1v) is 11.1. The molecular weight excluding hydrogens is 402 g/mol. The highest BCUT2D eigenvalue weighted by molar-refractivity contribution is 5.65. The number of hydrogen-bond acceptors (Lipinski definition) is 5. The number of benzene rings is 2. The Kier molecular flexibility index (Phi) is 8.45. The summed E-state index contributed by atoms with van der Waals surface area (Å²) in [6.45, 7) is 8.69. The van der Waals surface area contributed by atoms with E-state index in [2.05, 4.69) is 37.8 Å². The Bertz CT molecular complexity index is 968. The first kappa shape index (κ1) is 24.0. The number of aryl methyl sites for hydroxylation is 2. The minimum absolute atomic E-state index is 0.305. The number of ether oxygens (including phenoxy) is 2. The van der Waals surface area contributed by atoms with E-state index in [0.29, 0.717) is 31.5 Å². The Morgan fingerprint density at radius 1 is 1.03 bits per heavy atom. The van der Waals surface area contributed by atoms with Crippen molar-refractivity contribution in [2.24, 2.45) is 13.0 Å². The second-order valence-corrected chi connectivity index (χ2v) is 8.73. The van der Waals surface area contributed by atoms with E-state index < -0.39 is 6.10 Å². The highest BCUT2D eigenvalue weighted by Gasteiger charge is 2.23. The van der Waals surface area contributed by atoms with Crippen LogP contribution in [0.3, 0.4) is 0 Å². The molecule has 3 aromatic rings. The zero-order valence-corrected chi connectivity index (χ0v) is 19.8. The SMILES string of the molecule is COCC(O)CN(Cc1c(-c2ccccc2)nn(C)c1Oc1ccc(C)cc1)CC(C)C. The summed E-state index contributed by atoms with van der Waals surface area (Å²) in [6, 6.07) is 18.2. The molecule has 0 aliphatic carbocycles. The summed E-state index contributed by atoms with van der Waals surface area (Å²) in [6.07, 6.45) is -0.558. The fourth-order valence-electron chi connectivity index (χ4n) is 3.86. The van der Waals surface area contributed by atoms with Gasteiger partial charge in [-0.1, -0.05) is 61.9 Å². The third kappa shape index (κ3) is 6.42. The Labute approximate surface area is 191 Å². The van der Waals surface area contributed by atoms with Gasteiger partial charge in [0, 0.05) is 39.4 Å². The van der Waals surface area contributed by atoms with Crippen molar-refractivity contribution in [3.63, 3.8) is 0 Å². The van der Waals surface area contributed by atoms with Crippen LogP contribution >= 0.6 is 0 Å². The molecule has 0 saturated carbocycles. The lowest BCUT2D eigenvalue weighted by Gasteiger charge is -2.27. The molecule has 1 unspecified atom stereocenters. The molecule has 0 saturated heterocycles. The minimum Gasteiger partial charge on any atom is -0.439 e. The van der Waals surface area contributed by atoms with E-state index >= 15 is 0 Å². The maximum Gasteiger partial charge on any atom is 0.222 e. The summed E-state index contributed by atoms with van der Waals surface area (Å²) in [4.78, 5) is 2.25. The van der Waals surface area contributed by atoms with Gasteiger partial charge in [-0.05, 0) is 25.0 Å². The average molecular weight is 438 g/mol. The predicted octanol–water partition coefficient (Wildman–Crippen LogP) is 4.65. The lowest BCUT2D eigenvalue weighted by atomic mass is 10.1. The number of rotatable bonds is 11. The van der Waals surface area contributed by atoms with Gasteiger partial charge in [0.25, 0.3) is 0 Å². The number of nitrogens with zero attached hydrogens (tertiary/aromatic N) is 3. The molecule has 1 aromatic heterocycles. The van der Waals surface area contributed by atoms with Crippen LogP contribution in [0, 0.1) is 12.8 Å². The molecule has 1 heterocycles. The van der Waals surface area contributed by atoms with Crippen LogP contribution in [0.5, 0.6) is 11.6 Å². The van der Waals surface area contributed by atoms with E-state index in [1.54, 1.807) is 11.8 Å². The number of aliphatic hydroxyl groups is 1. The molecule has 0 aliphatic heterocycles. The first-order valence-electron chi connectivity index (χ1n) is 11.1. The van der Waals surface area contributed by atoms with Crippen molar-refractivity contribution in [3.8, 4) is 22.9 Å². The van der Waals surface area contributed by atoms with Gasteiger partial charge in [0.05, 0.1) is 18.3 Å². The number of aliphatic hydroxyl groups excluding tert-OH is 1. The molecule has 0 aliphatic rings. The summed E-state index contributed by atoms with van der Waals surface area (Å²) in [5.41, 5.74) is 4.12. The van der Waals surface area contributed by atoms with Crippen LogP contribution in [0.25, 0.3) is 11.3 Å². The van der Waals surface area contributed by atoms with Crippen molar-refractivity contribution in [2.75, 3.05) is 26.8 Å². The average Bonchev–Trinajstić information content (AvgIpc) is 3.05. The maximum atomic E-state index is 10.4. The third-order valence-corrected chi connectivity index (χ3v) is 5.20. The molecule has 172 valence electrons. The molecule has 0 bridgehead atoms. The van der Waals surface area contributed by atoms with Crippen LogP contribution in [0.2, 0.25) is 0 Å². The van der Waals surface area contributed by atoms with E-state index in [1.165, 1.54) is 5.56 Å². The highest BCUT2D eigenvalue weighted by Crippen LogP contribution is 2.34. The quantitative estimate of drug-likeness (QED) is 0.473. The molecule has 1 N–H and O–H groups in total. The van der Waals surface area contributed by atoms with E-state index in [4.69, 9.17) is 14.6 Å². The normalized spacial score (nSPS) is 12.5. The van der Waals surface area contributed by atoms with Gasteiger partial charge in [-0.15, -0.1) is 0 Å². The van der Waals surface area contributed by atoms with Gasteiger partial charge in [0.1, 0.15) is 11.4 Å². The summed E-state index contributed by atoms with van der Waals surface area (Å²) in [5, 5.41) is 15.2. The molecule has 3 rings (SSSR count). The lowest BCUT2D eigenvalue weighted by molar-refractivity contribution is 0.0330. The summed E-state index contributed by atoms with van der Waals surface area (Å²) < 4.78 is 13.3. The molecule has 2 aromatic carbocycles. The molecule has 6 nitrogen and oxygen atoms in total. The molecule has 0 radical (unpaired) electrons.